The van der Waals surface area contributed by atoms with E-state index in [9.17, 15) is 0 Å². The average molecular weight is 258 g/mol. The molecule has 1 unspecified atom stereocenters. The van der Waals surface area contributed by atoms with E-state index in [1.54, 1.807) is 7.11 Å². The van der Waals surface area contributed by atoms with Gasteiger partial charge in [-0.2, -0.15) is 0 Å². The molecule has 0 fully saturated rings. The van der Waals surface area contributed by atoms with Gasteiger partial charge in [-0.25, -0.2) is 0 Å². The Morgan fingerprint density at radius 2 is 1.88 bits per heavy atom. The van der Waals surface area contributed by atoms with Crippen LogP contribution in [0.5, 0.6) is 11.5 Å². The van der Waals surface area contributed by atoms with Gasteiger partial charge in [-0.05, 0) is 30.7 Å². The molecule has 96 valence electrons. The lowest BCUT2D eigenvalue weighted by atomic mass is 10.3. The molecule has 1 N–H and O–H groups in total. The van der Waals surface area contributed by atoms with Crippen LogP contribution in [0.15, 0.2) is 24.3 Å². The van der Waals surface area contributed by atoms with Gasteiger partial charge in [0.05, 0.1) is 7.11 Å². The number of halogens is 1. The number of benzene rings is 1. The Bertz CT molecular complexity index is 303. The molecule has 0 saturated heterocycles. The number of ether oxygens (including phenoxy) is 2. The van der Waals surface area contributed by atoms with Crippen molar-refractivity contribution < 1.29 is 9.47 Å². The van der Waals surface area contributed by atoms with Gasteiger partial charge in [-0.3, -0.25) is 0 Å². The Balaban J connectivity index is 2.13. The first-order valence-electron chi connectivity index (χ1n) is 5.88. The lowest BCUT2D eigenvalue weighted by Crippen LogP contribution is -2.27. The molecule has 1 rings (SSSR count). The quantitative estimate of drug-likeness (QED) is 0.574. The summed E-state index contributed by atoms with van der Waals surface area (Å²) in [7, 11) is 1.65. The van der Waals surface area contributed by atoms with Crippen molar-refractivity contribution in [2.24, 2.45) is 0 Å². The van der Waals surface area contributed by atoms with E-state index in [-0.39, 0.29) is 5.38 Å². The molecule has 0 aliphatic carbocycles. The smallest absolute Gasteiger partial charge is 0.119 e. The second-order valence-electron chi connectivity index (χ2n) is 3.73. The third-order valence-corrected chi connectivity index (χ3v) is 2.88. The molecule has 0 aromatic heterocycles. The van der Waals surface area contributed by atoms with E-state index < -0.39 is 0 Å². The highest BCUT2D eigenvalue weighted by molar-refractivity contribution is 6.20. The summed E-state index contributed by atoms with van der Waals surface area (Å²) >= 11 is 5.98. The Morgan fingerprint density at radius 3 is 2.47 bits per heavy atom. The molecular formula is C13H20ClNO2. The van der Waals surface area contributed by atoms with Crippen LogP contribution in [0, 0.1) is 0 Å². The maximum absolute atomic E-state index is 5.98. The molecular weight excluding hydrogens is 238 g/mol. The summed E-state index contributed by atoms with van der Waals surface area (Å²) in [5.74, 6) is 1.69. The van der Waals surface area contributed by atoms with Crippen molar-refractivity contribution in [3.8, 4) is 11.5 Å². The maximum atomic E-state index is 5.98. The van der Waals surface area contributed by atoms with Crippen molar-refractivity contribution in [3.63, 3.8) is 0 Å². The second kappa shape index (κ2) is 8.20. The molecule has 0 heterocycles. The zero-order valence-electron chi connectivity index (χ0n) is 10.4. The van der Waals surface area contributed by atoms with Gasteiger partial charge in [-0.15, -0.1) is 11.6 Å². The van der Waals surface area contributed by atoms with Gasteiger partial charge >= 0.3 is 0 Å². The zero-order valence-corrected chi connectivity index (χ0v) is 11.2. The van der Waals surface area contributed by atoms with Crippen LogP contribution < -0.4 is 14.8 Å². The van der Waals surface area contributed by atoms with Crippen LogP contribution in [-0.4, -0.2) is 32.2 Å². The molecule has 1 aromatic rings. The van der Waals surface area contributed by atoms with Gasteiger partial charge < -0.3 is 14.8 Å². The van der Waals surface area contributed by atoms with Crippen molar-refractivity contribution in [3.05, 3.63) is 24.3 Å². The Kier molecular flexibility index (Phi) is 6.82. The highest BCUT2D eigenvalue weighted by Gasteiger charge is 1.99. The summed E-state index contributed by atoms with van der Waals surface area (Å²) in [6, 6.07) is 7.56. The highest BCUT2D eigenvalue weighted by atomic mass is 35.5. The van der Waals surface area contributed by atoms with E-state index in [0.717, 1.165) is 31.0 Å². The van der Waals surface area contributed by atoms with E-state index in [0.29, 0.717) is 6.61 Å². The topological polar surface area (TPSA) is 30.5 Å². The first kappa shape index (κ1) is 14.1. The lowest BCUT2D eigenvalue weighted by Gasteiger charge is -2.10. The molecule has 0 radical (unpaired) electrons. The standard InChI is InChI=1S/C13H20ClNO2/c1-3-11(14)10-15-8-9-17-13-6-4-12(16-2)5-7-13/h4-7,11,15H,3,8-10H2,1-2H3. The van der Waals surface area contributed by atoms with Crippen LogP contribution in [0.4, 0.5) is 0 Å². The monoisotopic (exact) mass is 257 g/mol. The molecule has 4 heteroatoms. The van der Waals surface area contributed by atoms with E-state index >= 15 is 0 Å². The fourth-order valence-electron chi connectivity index (χ4n) is 1.32. The van der Waals surface area contributed by atoms with Gasteiger partial charge in [0, 0.05) is 18.5 Å². The zero-order chi connectivity index (χ0) is 12.5. The van der Waals surface area contributed by atoms with Crippen molar-refractivity contribution >= 4 is 11.6 Å². The lowest BCUT2D eigenvalue weighted by molar-refractivity contribution is 0.313. The van der Waals surface area contributed by atoms with E-state index in [2.05, 4.69) is 12.2 Å². The van der Waals surface area contributed by atoms with Gasteiger partial charge in [0.15, 0.2) is 0 Å². The number of methoxy groups -OCH3 is 1. The summed E-state index contributed by atoms with van der Waals surface area (Å²) in [6.07, 6.45) is 0.980. The molecule has 0 aliphatic heterocycles. The molecule has 0 saturated carbocycles. The third-order valence-electron chi connectivity index (χ3n) is 2.42. The number of alkyl halides is 1. The summed E-state index contributed by atoms with van der Waals surface area (Å²) in [5, 5.41) is 3.45. The number of nitrogens with one attached hydrogen (secondary N) is 1. The van der Waals surface area contributed by atoms with Gasteiger partial charge in [0.1, 0.15) is 18.1 Å². The molecule has 17 heavy (non-hydrogen) atoms. The molecule has 0 spiro atoms. The SMILES string of the molecule is CCC(Cl)CNCCOc1ccc(OC)cc1. The Labute approximate surface area is 108 Å². The molecule has 3 nitrogen and oxygen atoms in total. The second-order valence-corrected chi connectivity index (χ2v) is 4.35. The molecule has 1 atom stereocenters. The van der Waals surface area contributed by atoms with E-state index in [1.807, 2.05) is 24.3 Å². The predicted molar refractivity (Wildman–Crippen MR) is 71.3 cm³/mol. The molecule has 1 aromatic carbocycles. The summed E-state index contributed by atoms with van der Waals surface area (Å²) < 4.78 is 10.6. The van der Waals surface area contributed by atoms with Crippen molar-refractivity contribution in [1.29, 1.82) is 0 Å². The normalized spacial score (nSPS) is 12.2. The first-order valence-corrected chi connectivity index (χ1v) is 6.31. The van der Waals surface area contributed by atoms with Crippen LogP contribution in [0.25, 0.3) is 0 Å². The number of hydrogen-bond acceptors (Lipinski definition) is 3. The van der Waals surface area contributed by atoms with Gasteiger partial charge in [-0.1, -0.05) is 6.92 Å². The highest BCUT2D eigenvalue weighted by Crippen LogP contribution is 2.16. The van der Waals surface area contributed by atoms with Crippen LogP contribution in [-0.2, 0) is 0 Å². The van der Waals surface area contributed by atoms with Crippen LogP contribution in [0.1, 0.15) is 13.3 Å². The molecule has 0 bridgehead atoms. The minimum atomic E-state index is 0.205. The first-order chi connectivity index (χ1) is 8.26. The van der Waals surface area contributed by atoms with Crippen LogP contribution in [0.2, 0.25) is 0 Å². The van der Waals surface area contributed by atoms with E-state index in [1.165, 1.54) is 0 Å². The van der Waals surface area contributed by atoms with Gasteiger partial charge in [0.25, 0.3) is 0 Å². The Morgan fingerprint density at radius 1 is 1.24 bits per heavy atom. The minimum Gasteiger partial charge on any atom is -0.497 e. The fraction of sp³-hybridized carbons (Fsp3) is 0.538. The summed E-state index contributed by atoms with van der Waals surface area (Å²) in [6.45, 7) is 4.34. The summed E-state index contributed by atoms with van der Waals surface area (Å²) in [4.78, 5) is 0. The minimum absolute atomic E-state index is 0.205. The van der Waals surface area contributed by atoms with Crippen molar-refractivity contribution in [1.82, 2.24) is 5.32 Å². The van der Waals surface area contributed by atoms with Crippen LogP contribution in [0.3, 0.4) is 0 Å². The van der Waals surface area contributed by atoms with E-state index in [4.69, 9.17) is 21.1 Å². The Hall–Kier alpha value is -0.930. The van der Waals surface area contributed by atoms with Crippen LogP contribution >= 0.6 is 11.6 Å². The average Bonchev–Trinajstić information content (AvgIpc) is 2.38. The summed E-state index contributed by atoms with van der Waals surface area (Å²) in [5.41, 5.74) is 0. The molecule has 0 aliphatic rings. The number of hydrogen-bond donors (Lipinski definition) is 1. The van der Waals surface area contributed by atoms with Crippen molar-refractivity contribution in [2.75, 3.05) is 26.8 Å². The van der Waals surface area contributed by atoms with Gasteiger partial charge in [0.2, 0.25) is 0 Å². The van der Waals surface area contributed by atoms with Crippen molar-refractivity contribution in [2.45, 2.75) is 18.7 Å². The predicted octanol–water partition coefficient (Wildman–Crippen LogP) is 2.68. The maximum Gasteiger partial charge on any atom is 0.119 e. The third kappa shape index (κ3) is 5.80. The fourth-order valence-corrected chi connectivity index (χ4v) is 1.43. The number of rotatable bonds is 8. The molecule has 0 amide bonds. The largest absolute Gasteiger partial charge is 0.497 e.